The lowest BCUT2D eigenvalue weighted by Crippen LogP contribution is -2.44. The van der Waals surface area contributed by atoms with Gasteiger partial charge in [-0.05, 0) is 52.7 Å². The first kappa shape index (κ1) is 30.9. The molecule has 0 unspecified atom stereocenters. The summed E-state index contributed by atoms with van der Waals surface area (Å²) in [7, 11) is -0.274. The molecule has 3 aromatic rings. The number of carbonyl (C=O) groups excluding carboxylic acids is 1. The fourth-order valence-electron chi connectivity index (χ4n) is 5.96. The van der Waals surface area contributed by atoms with Crippen molar-refractivity contribution >= 4 is 31.7 Å². The molecular formula is C32H42N2O5SSi. The Bertz CT molecular complexity index is 1300. The predicted octanol–water partition coefficient (Wildman–Crippen LogP) is 8.20. The summed E-state index contributed by atoms with van der Waals surface area (Å²) in [5.74, 6) is -0.942. The Labute approximate surface area is 248 Å². The highest BCUT2D eigenvalue weighted by atomic mass is 32.1. The standard InChI is InChI=1S/C32H42N2O5SSi/c1-7-41(8-2,9-3)39-29(30-33-27(20-40-30)31(35)36)18-28(21(4)5)34(6)32(37)38-19-26-24-16-12-10-14-22(24)23-15-11-13-17-25(23)26/h10-17,20-21,26,28-29H,7-9,18-19H2,1-6H3,(H,35,36)/t28-,29-/m1/s1. The molecule has 1 aliphatic carbocycles. The molecule has 2 atom stereocenters. The van der Waals surface area contributed by atoms with Crippen LogP contribution in [-0.4, -0.2) is 55.1 Å². The van der Waals surface area contributed by atoms with Crippen molar-refractivity contribution in [2.75, 3.05) is 13.7 Å². The topological polar surface area (TPSA) is 89.0 Å². The number of carboxylic acids is 1. The third-order valence-corrected chi connectivity index (χ3v) is 14.3. The van der Waals surface area contributed by atoms with Crippen LogP contribution >= 0.6 is 11.3 Å². The van der Waals surface area contributed by atoms with Crippen molar-refractivity contribution in [2.24, 2.45) is 5.92 Å². The monoisotopic (exact) mass is 594 g/mol. The van der Waals surface area contributed by atoms with Gasteiger partial charge in [-0.3, -0.25) is 0 Å². The fourth-order valence-corrected chi connectivity index (χ4v) is 9.69. The molecule has 0 bridgehead atoms. The number of aromatic carboxylic acids is 1. The first-order valence-corrected chi connectivity index (χ1v) is 18.0. The van der Waals surface area contributed by atoms with Crippen LogP contribution in [-0.2, 0) is 9.16 Å². The van der Waals surface area contributed by atoms with Gasteiger partial charge in [0.25, 0.3) is 0 Å². The molecule has 2 aromatic carbocycles. The first-order valence-electron chi connectivity index (χ1n) is 14.6. The number of thiazole rings is 1. The van der Waals surface area contributed by atoms with E-state index in [1.165, 1.54) is 33.6 Å². The lowest BCUT2D eigenvalue weighted by atomic mass is 9.97. The van der Waals surface area contributed by atoms with Gasteiger partial charge in [-0.25, -0.2) is 14.6 Å². The number of rotatable bonds is 13. The Morgan fingerprint density at radius 3 is 2.05 bits per heavy atom. The molecule has 0 fully saturated rings. The Hall–Kier alpha value is -3.01. The molecule has 0 radical (unpaired) electrons. The molecule has 0 spiro atoms. The van der Waals surface area contributed by atoms with Gasteiger partial charge in [0.1, 0.15) is 11.6 Å². The van der Waals surface area contributed by atoms with E-state index in [1.807, 2.05) is 24.3 Å². The number of ether oxygens (including phenoxy) is 1. The molecule has 41 heavy (non-hydrogen) atoms. The van der Waals surface area contributed by atoms with Crippen LogP contribution in [0, 0.1) is 5.92 Å². The molecular weight excluding hydrogens is 553 g/mol. The highest BCUT2D eigenvalue weighted by Crippen LogP contribution is 2.44. The van der Waals surface area contributed by atoms with Crippen LogP contribution in [0.15, 0.2) is 53.9 Å². The molecule has 1 N–H and O–H groups in total. The van der Waals surface area contributed by atoms with E-state index in [2.05, 4.69) is 63.9 Å². The Kier molecular flexibility index (Phi) is 10.0. The average molecular weight is 595 g/mol. The van der Waals surface area contributed by atoms with E-state index in [0.717, 1.165) is 18.1 Å². The summed E-state index contributed by atoms with van der Waals surface area (Å²) in [4.78, 5) is 31.2. The Morgan fingerprint density at radius 1 is 1.00 bits per heavy atom. The Morgan fingerprint density at radius 2 is 1.56 bits per heavy atom. The highest BCUT2D eigenvalue weighted by molar-refractivity contribution is 7.09. The van der Waals surface area contributed by atoms with E-state index in [0.29, 0.717) is 11.4 Å². The molecule has 1 amide bonds. The number of hydrogen-bond donors (Lipinski definition) is 1. The SMILES string of the molecule is CC[Si](CC)(CC)O[C@H](C[C@H](C(C)C)N(C)C(=O)OCC1c2ccccc2-c2ccccc21)c1nc(C(=O)O)cs1. The van der Waals surface area contributed by atoms with E-state index in [9.17, 15) is 14.7 Å². The van der Waals surface area contributed by atoms with Crippen molar-refractivity contribution in [3.8, 4) is 11.1 Å². The van der Waals surface area contributed by atoms with Crippen LogP contribution in [0.5, 0.6) is 0 Å². The summed E-state index contributed by atoms with van der Waals surface area (Å²) in [5, 5.41) is 11.7. The summed E-state index contributed by atoms with van der Waals surface area (Å²) in [6.07, 6.45) is -0.254. The largest absolute Gasteiger partial charge is 0.476 e. The van der Waals surface area contributed by atoms with Gasteiger partial charge >= 0.3 is 12.1 Å². The normalized spacial score (nSPS) is 14.4. The fraction of sp³-hybridized carbons (Fsp3) is 0.469. The summed E-state index contributed by atoms with van der Waals surface area (Å²) in [6, 6.07) is 19.3. The molecule has 1 aromatic heterocycles. The summed E-state index contributed by atoms with van der Waals surface area (Å²) < 4.78 is 12.9. The van der Waals surface area contributed by atoms with Gasteiger partial charge in [0.15, 0.2) is 14.0 Å². The van der Waals surface area contributed by atoms with Crippen molar-refractivity contribution in [1.82, 2.24) is 9.88 Å². The number of nitrogens with zero attached hydrogens (tertiary/aromatic N) is 2. The van der Waals surface area contributed by atoms with Gasteiger partial charge in [0.05, 0.1) is 6.10 Å². The predicted molar refractivity (Wildman–Crippen MR) is 166 cm³/mol. The smallest absolute Gasteiger partial charge is 0.409 e. The second-order valence-corrected chi connectivity index (χ2v) is 16.8. The lowest BCUT2D eigenvalue weighted by Gasteiger charge is -2.37. The zero-order valence-electron chi connectivity index (χ0n) is 24.9. The maximum Gasteiger partial charge on any atom is 0.409 e. The van der Waals surface area contributed by atoms with Gasteiger partial charge in [-0.15, -0.1) is 11.3 Å². The second kappa shape index (κ2) is 13.3. The molecule has 0 saturated carbocycles. The number of carboxylic acid groups (broad SMARTS) is 1. The van der Waals surface area contributed by atoms with Crippen molar-refractivity contribution in [3.63, 3.8) is 0 Å². The third kappa shape index (κ3) is 6.57. The van der Waals surface area contributed by atoms with Crippen molar-refractivity contribution in [2.45, 2.75) is 77.2 Å². The van der Waals surface area contributed by atoms with Crippen molar-refractivity contribution in [1.29, 1.82) is 0 Å². The number of fused-ring (bicyclic) bond motifs is 3. The van der Waals surface area contributed by atoms with Gasteiger partial charge < -0.3 is 19.2 Å². The van der Waals surface area contributed by atoms with E-state index in [4.69, 9.17) is 9.16 Å². The van der Waals surface area contributed by atoms with E-state index in [-0.39, 0.29) is 36.3 Å². The minimum absolute atomic E-state index is 0.0108. The van der Waals surface area contributed by atoms with Crippen LogP contribution in [0.25, 0.3) is 11.1 Å². The number of benzene rings is 2. The molecule has 0 aliphatic heterocycles. The number of aromatic nitrogens is 1. The first-order chi connectivity index (χ1) is 19.6. The van der Waals surface area contributed by atoms with Crippen LogP contribution < -0.4 is 0 Å². The Balaban J connectivity index is 1.53. The van der Waals surface area contributed by atoms with E-state index < -0.39 is 20.4 Å². The average Bonchev–Trinajstić information content (AvgIpc) is 3.60. The zero-order valence-corrected chi connectivity index (χ0v) is 26.7. The van der Waals surface area contributed by atoms with Gasteiger partial charge in [0.2, 0.25) is 0 Å². The van der Waals surface area contributed by atoms with Crippen LogP contribution in [0.2, 0.25) is 18.1 Å². The van der Waals surface area contributed by atoms with Crippen LogP contribution in [0.3, 0.4) is 0 Å². The molecule has 4 rings (SSSR count). The highest BCUT2D eigenvalue weighted by Gasteiger charge is 2.37. The molecule has 1 heterocycles. The number of carbonyl (C=O) groups is 2. The van der Waals surface area contributed by atoms with E-state index in [1.54, 1.807) is 17.3 Å². The van der Waals surface area contributed by atoms with Crippen LogP contribution in [0.1, 0.15) is 79.7 Å². The minimum atomic E-state index is -2.06. The quantitative estimate of drug-likeness (QED) is 0.201. The molecule has 220 valence electrons. The molecule has 7 nitrogen and oxygen atoms in total. The zero-order chi connectivity index (χ0) is 29.7. The van der Waals surface area contributed by atoms with Crippen LogP contribution in [0.4, 0.5) is 4.79 Å². The summed E-state index contributed by atoms with van der Waals surface area (Å²) >= 11 is 1.32. The number of amides is 1. The summed E-state index contributed by atoms with van der Waals surface area (Å²) in [6.45, 7) is 10.9. The van der Waals surface area contributed by atoms with Gasteiger partial charge in [-0.1, -0.05) is 83.1 Å². The lowest BCUT2D eigenvalue weighted by molar-refractivity contribution is 0.0654. The number of hydrogen-bond acceptors (Lipinski definition) is 6. The maximum atomic E-state index is 13.5. The van der Waals surface area contributed by atoms with E-state index >= 15 is 0 Å². The maximum absolute atomic E-state index is 13.5. The molecule has 9 heteroatoms. The summed E-state index contributed by atoms with van der Waals surface area (Å²) in [5.41, 5.74) is 4.77. The minimum Gasteiger partial charge on any atom is -0.476 e. The van der Waals surface area contributed by atoms with Crippen molar-refractivity contribution < 1.29 is 23.9 Å². The molecule has 1 aliphatic rings. The van der Waals surface area contributed by atoms with Gasteiger partial charge in [-0.2, -0.15) is 0 Å². The third-order valence-electron chi connectivity index (χ3n) is 8.69. The van der Waals surface area contributed by atoms with Crippen molar-refractivity contribution in [3.05, 3.63) is 75.7 Å². The molecule has 0 saturated heterocycles. The van der Waals surface area contributed by atoms with Gasteiger partial charge in [0, 0.05) is 24.4 Å². The second-order valence-electron chi connectivity index (χ2n) is 11.2.